The van der Waals surface area contributed by atoms with E-state index < -0.39 is 15.4 Å². The van der Waals surface area contributed by atoms with Crippen molar-refractivity contribution in [1.82, 2.24) is 0 Å². The molecule has 0 saturated carbocycles. The van der Waals surface area contributed by atoms with Crippen molar-refractivity contribution in [3.05, 3.63) is 35.9 Å². The third kappa shape index (κ3) is 5.03. The summed E-state index contributed by atoms with van der Waals surface area (Å²) in [5.74, 6) is 0. The van der Waals surface area contributed by atoms with Crippen molar-refractivity contribution in [2.24, 2.45) is 0 Å². The number of thiocarbonyl (C=S) groups is 1. The Bertz CT molecular complexity index is 442. The molecule has 6 heteroatoms. The van der Waals surface area contributed by atoms with Crippen LogP contribution in [0, 0.1) is 0 Å². The molecule has 0 amide bonds. The van der Waals surface area contributed by atoms with Crippen LogP contribution in [-0.4, -0.2) is 52.6 Å². The van der Waals surface area contributed by atoms with Crippen molar-refractivity contribution >= 4 is 56.8 Å². The summed E-state index contributed by atoms with van der Waals surface area (Å²) in [6.45, 7) is 1.39. The van der Waals surface area contributed by atoms with Crippen molar-refractivity contribution in [1.29, 1.82) is 0 Å². The molecule has 0 saturated heterocycles. The summed E-state index contributed by atoms with van der Waals surface area (Å²) in [6, 6.07) is 9.32. The van der Waals surface area contributed by atoms with Crippen molar-refractivity contribution in [3.8, 4) is 0 Å². The van der Waals surface area contributed by atoms with Crippen molar-refractivity contribution < 1.29 is 13.0 Å². The Morgan fingerprint density at radius 3 is 2.31 bits per heavy atom. The summed E-state index contributed by atoms with van der Waals surface area (Å²) < 4.78 is 30.5. The fourth-order valence-electron chi connectivity index (χ4n) is 1.11. The Morgan fingerprint density at radius 1 is 1.38 bits per heavy atom. The van der Waals surface area contributed by atoms with E-state index in [2.05, 4.69) is 0 Å². The van der Waals surface area contributed by atoms with Gasteiger partial charge in [0.05, 0.1) is 0 Å². The molecule has 16 heavy (non-hydrogen) atoms. The molecule has 1 atom stereocenters. The van der Waals surface area contributed by atoms with E-state index in [0.29, 0.717) is 11.3 Å². The van der Waals surface area contributed by atoms with Crippen LogP contribution in [0.4, 0.5) is 0 Å². The van der Waals surface area contributed by atoms with E-state index in [-0.39, 0.29) is 29.6 Å². The number of rotatable bonds is 4. The third-order valence-corrected chi connectivity index (χ3v) is 3.95. The average Bonchev–Trinajstić information content (AvgIpc) is 2.16. The Labute approximate surface area is 123 Å². The van der Waals surface area contributed by atoms with Crippen LogP contribution in [0.3, 0.4) is 0 Å². The number of hydrogen-bond donors (Lipinski definition) is 1. The summed E-state index contributed by atoms with van der Waals surface area (Å²) >= 11 is 4.97. The van der Waals surface area contributed by atoms with E-state index in [1.165, 1.54) is 6.92 Å². The van der Waals surface area contributed by atoms with Crippen molar-refractivity contribution in [2.75, 3.05) is 0 Å². The number of hydrogen-bond acceptors (Lipinski definition) is 3. The van der Waals surface area contributed by atoms with Crippen molar-refractivity contribution in [3.63, 3.8) is 0 Å². The quantitative estimate of drug-likeness (QED) is 0.507. The molecule has 84 valence electrons. The molecular weight excluding hydrogens is 255 g/mol. The number of benzene rings is 1. The van der Waals surface area contributed by atoms with Crippen LogP contribution in [0.1, 0.15) is 12.5 Å². The standard InChI is InChI=1S/C10H12O3S2.Na.H/c1-8(15(11,12)13)10(14)7-9-5-3-2-4-6-9;;/h2-6,8H,7H2,1H3,(H,11,12,13);;. The van der Waals surface area contributed by atoms with E-state index in [1.54, 1.807) is 0 Å². The second kappa shape index (κ2) is 6.83. The zero-order valence-corrected chi connectivity index (χ0v) is 9.88. The molecule has 0 aliphatic rings. The van der Waals surface area contributed by atoms with Gasteiger partial charge in [0.15, 0.2) is 0 Å². The van der Waals surface area contributed by atoms with Crippen LogP contribution in [0.25, 0.3) is 0 Å². The molecule has 0 heterocycles. The van der Waals surface area contributed by atoms with E-state index in [0.717, 1.165) is 5.56 Å². The Hall–Kier alpha value is 0.220. The maximum absolute atomic E-state index is 10.8. The monoisotopic (exact) mass is 268 g/mol. The van der Waals surface area contributed by atoms with Gasteiger partial charge in [-0.05, 0) is 12.5 Å². The van der Waals surface area contributed by atoms with Gasteiger partial charge in [0.1, 0.15) is 5.25 Å². The first-order valence-electron chi connectivity index (χ1n) is 4.44. The Balaban J connectivity index is 0.00000225. The molecule has 0 aliphatic heterocycles. The minimum absolute atomic E-state index is 0. The molecule has 0 bridgehead atoms. The van der Waals surface area contributed by atoms with Gasteiger partial charge in [-0.1, -0.05) is 42.5 Å². The first-order chi connectivity index (χ1) is 6.91. The predicted octanol–water partition coefficient (Wildman–Crippen LogP) is 1.23. The van der Waals surface area contributed by atoms with E-state index in [4.69, 9.17) is 16.8 Å². The molecular formula is C10H13NaO3S2. The third-order valence-electron chi connectivity index (χ3n) is 2.12. The van der Waals surface area contributed by atoms with Gasteiger partial charge in [-0.25, -0.2) is 0 Å². The predicted molar refractivity (Wildman–Crippen MR) is 70.9 cm³/mol. The first-order valence-corrected chi connectivity index (χ1v) is 6.35. The Kier molecular flexibility index (Phi) is 6.93. The van der Waals surface area contributed by atoms with Crippen LogP contribution < -0.4 is 0 Å². The molecule has 0 spiro atoms. The Morgan fingerprint density at radius 2 is 1.88 bits per heavy atom. The van der Waals surface area contributed by atoms with E-state index >= 15 is 0 Å². The van der Waals surface area contributed by atoms with Crippen LogP contribution in [0.2, 0.25) is 0 Å². The summed E-state index contributed by atoms with van der Waals surface area (Å²) in [5, 5.41) is -0.993. The molecule has 3 nitrogen and oxygen atoms in total. The first kappa shape index (κ1) is 16.2. The zero-order valence-electron chi connectivity index (χ0n) is 8.25. The molecule has 1 N–H and O–H groups in total. The molecule has 0 aromatic heterocycles. The molecule has 1 aromatic rings. The normalized spacial score (nSPS) is 12.6. The molecule has 0 aliphatic carbocycles. The van der Waals surface area contributed by atoms with Gasteiger partial charge >= 0.3 is 29.6 Å². The van der Waals surface area contributed by atoms with Crippen LogP contribution in [0.15, 0.2) is 30.3 Å². The van der Waals surface area contributed by atoms with Gasteiger partial charge in [0.25, 0.3) is 10.1 Å². The second-order valence-electron chi connectivity index (χ2n) is 3.29. The average molecular weight is 268 g/mol. The second-order valence-corrected chi connectivity index (χ2v) is 5.55. The molecule has 1 rings (SSSR count). The van der Waals surface area contributed by atoms with Gasteiger partial charge in [-0.2, -0.15) is 8.42 Å². The van der Waals surface area contributed by atoms with Gasteiger partial charge in [-0.3, -0.25) is 4.55 Å². The molecule has 1 aromatic carbocycles. The zero-order chi connectivity index (χ0) is 11.5. The van der Waals surface area contributed by atoms with E-state index in [1.807, 2.05) is 30.3 Å². The SMILES string of the molecule is CC(C(=S)Cc1ccccc1)S(=O)(=O)O.[NaH]. The molecule has 1 unspecified atom stereocenters. The van der Waals surface area contributed by atoms with Crippen LogP contribution in [0.5, 0.6) is 0 Å². The van der Waals surface area contributed by atoms with Crippen molar-refractivity contribution in [2.45, 2.75) is 18.6 Å². The van der Waals surface area contributed by atoms with Gasteiger partial charge in [0, 0.05) is 11.3 Å². The van der Waals surface area contributed by atoms with Crippen LogP contribution >= 0.6 is 12.2 Å². The molecule has 0 fully saturated rings. The summed E-state index contributed by atoms with van der Waals surface area (Å²) in [5.41, 5.74) is 0.943. The molecule has 0 radical (unpaired) electrons. The fourth-order valence-corrected chi connectivity index (χ4v) is 2.05. The maximum atomic E-state index is 10.8. The fraction of sp³-hybridized carbons (Fsp3) is 0.300. The van der Waals surface area contributed by atoms with Crippen LogP contribution in [-0.2, 0) is 16.5 Å². The van der Waals surface area contributed by atoms with Gasteiger partial charge in [0.2, 0.25) is 0 Å². The summed E-state index contributed by atoms with van der Waals surface area (Å²) in [4.78, 5) is 0.323. The van der Waals surface area contributed by atoms with E-state index in [9.17, 15) is 8.42 Å². The topological polar surface area (TPSA) is 54.4 Å². The minimum atomic E-state index is -4.06. The summed E-state index contributed by atoms with van der Waals surface area (Å²) in [6.07, 6.45) is 0.386. The van der Waals surface area contributed by atoms with Gasteiger partial charge < -0.3 is 0 Å². The summed E-state index contributed by atoms with van der Waals surface area (Å²) in [7, 11) is -4.06. The van der Waals surface area contributed by atoms with Gasteiger partial charge in [-0.15, -0.1) is 0 Å².